The monoisotopic (exact) mass is 462 g/mol. The number of nitrogens with zero attached hydrogens (tertiary/aromatic N) is 1. The molecule has 0 bridgehead atoms. The molecule has 2 aromatic carbocycles. The van der Waals surface area contributed by atoms with Gasteiger partial charge >= 0.3 is 6.18 Å². The highest BCUT2D eigenvalue weighted by Gasteiger charge is 2.30. The molecule has 170 valence electrons. The maximum atomic E-state index is 12.9. The lowest BCUT2D eigenvalue weighted by atomic mass is 10.1. The average molecular weight is 463 g/mol. The second-order valence-electron chi connectivity index (χ2n) is 7.39. The van der Waals surface area contributed by atoms with E-state index < -0.39 is 11.7 Å². The number of carbonyl (C=O) groups excluding carboxylic acids is 1. The first-order chi connectivity index (χ1) is 15.3. The number of unbranched alkanes of at least 4 members (excludes halogenated alkanes) is 3. The third-order valence-corrected chi connectivity index (χ3v) is 5.70. The van der Waals surface area contributed by atoms with E-state index in [0.717, 1.165) is 35.6 Å². The summed E-state index contributed by atoms with van der Waals surface area (Å²) in [6, 6.07) is 12.1. The Morgan fingerprint density at radius 2 is 1.88 bits per heavy atom. The summed E-state index contributed by atoms with van der Waals surface area (Å²) in [5, 5.41) is 3.13. The van der Waals surface area contributed by atoms with Gasteiger partial charge in [-0.25, -0.2) is 4.98 Å². The Morgan fingerprint density at radius 3 is 2.59 bits per heavy atom. The van der Waals surface area contributed by atoms with Gasteiger partial charge in [-0.2, -0.15) is 13.2 Å². The lowest BCUT2D eigenvalue weighted by Crippen LogP contribution is -2.11. The molecule has 0 saturated heterocycles. The van der Waals surface area contributed by atoms with E-state index in [1.165, 1.54) is 30.2 Å². The Bertz CT molecular complexity index is 1020. The average Bonchev–Trinajstić information content (AvgIpc) is 3.20. The minimum atomic E-state index is -4.38. The molecule has 0 unspecified atom stereocenters. The smallest absolute Gasteiger partial charge is 0.416 e. The lowest BCUT2D eigenvalue weighted by molar-refractivity contribution is -0.137. The Morgan fingerprint density at radius 1 is 1.09 bits per heavy atom. The highest BCUT2D eigenvalue weighted by atomic mass is 32.1. The van der Waals surface area contributed by atoms with Gasteiger partial charge in [0.1, 0.15) is 5.75 Å². The number of aromatic nitrogens is 1. The molecule has 3 aromatic rings. The van der Waals surface area contributed by atoms with Gasteiger partial charge in [0, 0.05) is 23.1 Å². The second-order valence-corrected chi connectivity index (χ2v) is 8.51. The molecule has 4 nitrogen and oxygen atoms in total. The fourth-order valence-electron chi connectivity index (χ4n) is 3.10. The molecular weight excluding hydrogens is 437 g/mol. The van der Waals surface area contributed by atoms with E-state index in [2.05, 4.69) is 17.2 Å². The van der Waals surface area contributed by atoms with Gasteiger partial charge in [0.05, 0.1) is 12.2 Å². The highest BCUT2D eigenvalue weighted by Crippen LogP contribution is 2.30. The zero-order chi connectivity index (χ0) is 23.0. The van der Waals surface area contributed by atoms with Gasteiger partial charge in [-0.1, -0.05) is 44.4 Å². The number of ether oxygens (including phenoxy) is 1. The first kappa shape index (κ1) is 23.8. The summed E-state index contributed by atoms with van der Waals surface area (Å²) >= 11 is 1.24. The number of rotatable bonds is 10. The van der Waals surface area contributed by atoms with Crippen molar-refractivity contribution in [2.24, 2.45) is 0 Å². The molecule has 0 fully saturated rings. The van der Waals surface area contributed by atoms with Crippen molar-refractivity contribution in [2.75, 3.05) is 11.9 Å². The van der Waals surface area contributed by atoms with Crippen LogP contribution in [-0.2, 0) is 12.6 Å². The summed E-state index contributed by atoms with van der Waals surface area (Å²) in [5.74, 6) is 0.412. The van der Waals surface area contributed by atoms with Gasteiger partial charge in [0.25, 0.3) is 5.91 Å². The molecule has 0 aliphatic heterocycles. The van der Waals surface area contributed by atoms with Crippen LogP contribution < -0.4 is 10.1 Å². The van der Waals surface area contributed by atoms with Crippen molar-refractivity contribution in [3.05, 3.63) is 76.3 Å². The largest absolute Gasteiger partial charge is 0.494 e. The number of hydrogen-bond donors (Lipinski definition) is 1. The molecule has 0 radical (unpaired) electrons. The highest BCUT2D eigenvalue weighted by molar-refractivity contribution is 7.15. The first-order valence-electron chi connectivity index (χ1n) is 10.5. The Balaban J connectivity index is 1.53. The zero-order valence-electron chi connectivity index (χ0n) is 17.7. The summed E-state index contributed by atoms with van der Waals surface area (Å²) < 4.78 is 44.3. The molecule has 32 heavy (non-hydrogen) atoms. The zero-order valence-corrected chi connectivity index (χ0v) is 18.6. The van der Waals surface area contributed by atoms with Crippen LogP contribution in [0.25, 0.3) is 0 Å². The molecule has 0 aliphatic carbocycles. The number of halogens is 3. The summed E-state index contributed by atoms with van der Waals surface area (Å²) in [5.41, 5.74) is 0.325. The van der Waals surface area contributed by atoms with Gasteiger partial charge in [0.2, 0.25) is 0 Å². The topological polar surface area (TPSA) is 51.2 Å². The molecule has 1 amide bonds. The van der Waals surface area contributed by atoms with E-state index in [0.29, 0.717) is 29.3 Å². The summed E-state index contributed by atoms with van der Waals surface area (Å²) in [7, 11) is 0. The fourth-order valence-corrected chi connectivity index (χ4v) is 3.94. The number of benzene rings is 2. The van der Waals surface area contributed by atoms with Crippen molar-refractivity contribution < 1.29 is 22.7 Å². The summed E-state index contributed by atoms with van der Waals surface area (Å²) in [6.45, 7) is 2.81. The molecule has 1 heterocycles. The predicted molar refractivity (Wildman–Crippen MR) is 120 cm³/mol. The number of nitrogens with one attached hydrogen (secondary N) is 1. The molecular formula is C24H25F3N2O2S. The predicted octanol–water partition coefficient (Wildman–Crippen LogP) is 6.96. The number of thiazole rings is 1. The van der Waals surface area contributed by atoms with Gasteiger partial charge in [-0.05, 0) is 42.3 Å². The van der Waals surface area contributed by atoms with Gasteiger partial charge in [-0.3, -0.25) is 10.1 Å². The van der Waals surface area contributed by atoms with Crippen molar-refractivity contribution in [1.29, 1.82) is 0 Å². The molecule has 3 rings (SSSR count). The normalized spacial score (nSPS) is 11.4. The number of anilines is 1. The van der Waals surface area contributed by atoms with Gasteiger partial charge in [0.15, 0.2) is 5.13 Å². The van der Waals surface area contributed by atoms with E-state index in [4.69, 9.17) is 4.74 Å². The quantitative estimate of drug-likeness (QED) is 0.331. The second kappa shape index (κ2) is 11.1. The van der Waals surface area contributed by atoms with Crippen LogP contribution in [0.3, 0.4) is 0 Å². The van der Waals surface area contributed by atoms with Gasteiger partial charge < -0.3 is 4.74 Å². The Hall–Kier alpha value is -2.87. The van der Waals surface area contributed by atoms with Crippen molar-refractivity contribution in [3.63, 3.8) is 0 Å². The minimum absolute atomic E-state index is 0.306. The lowest BCUT2D eigenvalue weighted by Gasteiger charge is -2.08. The third-order valence-electron chi connectivity index (χ3n) is 4.79. The van der Waals surface area contributed by atoms with Crippen molar-refractivity contribution in [1.82, 2.24) is 4.98 Å². The maximum absolute atomic E-state index is 12.9. The van der Waals surface area contributed by atoms with E-state index >= 15 is 0 Å². The number of amides is 1. The van der Waals surface area contributed by atoms with E-state index in [9.17, 15) is 18.0 Å². The van der Waals surface area contributed by atoms with Crippen LogP contribution in [0.15, 0.2) is 54.7 Å². The third kappa shape index (κ3) is 7.09. The summed E-state index contributed by atoms with van der Waals surface area (Å²) in [4.78, 5) is 17.4. The van der Waals surface area contributed by atoms with Crippen LogP contribution >= 0.6 is 11.3 Å². The van der Waals surface area contributed by atoms with Crippen molar-refractivity contribution in [2.45, 2.75) is 45.2 Å². The van der Waals surface area contributed by atoms with E-state index in [1.807, 2.05) is 0 Å². The fraction of sp³-hybridized carbons (Fsp3) is 0.333. The van der Waals surface area contributed by atoms with Crippen LogP contribution in [0.1, 0.15) is 59.0 Å². The number of carbonyl (C=O) groups is 1. The summed E-state index contributed by atoms with van der Waals surface area (Å²) in [6.07, 6.45) is 2.01. The van der Waals surface area contributed by atoms with E-state index in [1.54, 1.807) is 36.5 Å². The Kier molecular flexibility index (Phi) is 8.27. The molecule has 8 heteroatoms. The van der Waals surface area contributed by atoms with Crippen LogP contribution in [0.2, 0.25) is 0 Å². The van der Waals surface area contributed by atoms with Crippen molar-refractivity contribution >= 4 is 22.4 Å². The molecule has 0 atom stereocenters. The SMILES string of the molecule is CCCCCCOc1ccc(C(=O)Nc2ncc(Cc3cccc(C(F)(F)F)c3)s2)cc1. The first-order valence-corrected chi connectivity index (χ1v) is 11.3. The molecule has 0 saturated carbocycles. The maximum Gasteiger partial charge on any atom is 0.416 e. The van der Waals surface area contributed by atoms with Crippen LogP contribution in [0.4, 0.5) is 18.3 Å². The van der Waals surface area contributed by atoms with Crippen molar-refractivity contribution in [3.8, 4) is 5.75 Å². The molecule has 0 spiro atoms. The number of alkyl halides is 3. The number of hydrogen-bond acceptors (Lipinski definition) is 4. The van der Waals surface area contributed by atoms with E-state index in [-0.39, 0.29) is 5.91 Å². The van der Waals surface area contributed by atoms with Crippen LogP contribution in [0, 0.1) is 0 Å². The molecule has 1 aromatic heterocycles. The minimum Gasteiger partial charge on any atom is -0.494 e. The standard InChI is InChI=1S/C24H25F3N2O2S/c1-2-3-4-5-13-31-20-11-9-18(10-12-20)22(30)29-23-28-16-21(32-23)15-17-7-6-8-19(14-17)24(25,26)27/h6-12,14,16H,2-5,13,15H2,1H3,(H,28,29,30). The molecule has 1 N–H and O–H groups in total. The van der Waals surface area contributed by atoms with Gasteiger partial charge in [-0.15, -0.1) is 11.3 Å². The Labute approximate surface area is 189 Å². The molecule has 0 aliphatic rings. The van der Waals surface area contributed by atoms with Crippen LogP contribution in [0.5, 0.6) is 5.75 Å². The van der Waals surface area contributed by atoms with Crippen LogP contribution in [-0.4, -0.2) is 17.5 Å².